The predicted molar refractivity (Wildman–Crippen MR) is 116 cm³/mol. The minimum Gasteiger partial charge on any atom is -0.324 e. The van der Waals surface area contributed by atoms with E-state index < -0.39 is 0 Å². The first-order valence-electron chi connectivity index (χ1n) is 8.46. The van der Waals surface area contributed by atoms with E-state index in [-0.39, 0.29) is 29.0 Å². The number of amides is 2. The highest BCUT2D eigenvalue weighted by Gasteiger charge is 2.17. The Kier molecular flexibility index (Phi) is 7.48. The van der Waals surface area contributed by atoms with Crippen LogP contribution in [0, 0.1) is 0 Å². The van der Waals surface area contributed by atoms with Crippen molar-refractivity contribution in [2.45, 2.75) is 25.0 Å². The summed E-state index contributed by atoms with van der Waals surface area (Å²) in [4.78, 5) is 28.4. The van der Waals surface area contributed by atoms with Gasteiger partial charge in [-0.15, -0.1) is 21.5 Å². The molecule has 0 radical (unpaired) electrons. The van der Waals surface area contributed by atoms with Crippen LogP contribution in [0.4, 0.5) is 10.8 Å². The van der Waals surface area contributed by atoms with Crippen LogP contribution in [0.2, 0.25) is 10.0 Å². The number of anilines is 2. The lowest BCUT2D eigenvalue weighted by atomic mass is 10.3. The molecule has 0 saturated heterocycles. The SMILES string of the molecule is CCn1c(CC(=O)Nc2cccc(Cl)c2Cl)nnc1SCC(=O)Nc1nccs1. The van der Waals surface area contributed by atoms with Crippen LogP contribution in [0.1, 0.15) is 12.7 Å². The molecular formula is C17H16Cl2N6O2S2. The molecule has 12 heteroatoms. The predicted octanol–water partition coefficient (Wildman–Crippen LogP) is 3.97. The van der Waals surface area contributed by atoms with E-state index in [1.54, 1.807) is 34.3 Å². The van der Waals surface area contributed by atoms with Gasteiger partial charge in [-0.25, -0.2) is 4.98 Å². The van der Waals surface area contributed by atoms with Gasteiger partial charge in [0.15, 0.2) is 10.3 Å². The van der Waals surface area contributed by atoms with Gasteiger partial charge in [0.2, 0.25) is 11.8 Å². The van der Waals surface area contributed by atoms with Crippen molar-refractivity contribution in [3.8, 4) is 0 Å². The number of aromatic nitrogens is 4. The molecule has 0 spiro atoms. The number of thiazole rings is 1. The molecule has 29 heavy (non-hydrogen) atoms. The van der Waals surface area contributed by atoms with E-state index in [2.05, 4.69) is 25.8 Å². The molecule has 8 nitrogen and oxygen atoms in total. The maximum Gasteiger partial charge on any atom is 0.236 e. The average Bonchev–Trinajstić information content (AvgIpc) is 3.33. The lowest BCUT2D eigenvalue weighted by Gasteiger charge is -2.09. The first-order valence-corrected chi connectivity index (χ1v) is 11.1. The molecular weight excluding hydrogens is 455 g/mol. The zero-order valence-corrected chi connectivity index (χ0v) is 18.3. The van der Waals surface area contributed by atoms with Crippen molar-refractivity contribution in [2.75, 3.05) is 16.4 Å². The van der Waals surface area contributed by atoms with Gasteiger partial charge in [0.05, 0.1) is 27.9 Å². The topological polar surface area (TPSA) is 102 Å². The van der Waals surface area contributed by atoms with Gasteiger partial charge in [-0.1, -0.05) is 41.0 Å². The third kappa shape index (κ3) is 5.69. The molecule has 0 atom stereocenters. The molecule has 1 aromatic carbocycles. The highest BCUT2D eigenvalue weighted by Crippen LogP contribution is 2.29. The highest BCUT2D eigenvalue weighted by atomic mass is 35.5. The van der Waals surface area contributed by atoms with Crippen molar-refractivity contribution in [2.24, 2.45) is 0 Å². The molecule has 2 aromatic heterocycles. The second kappa shape index (κ2) is 10.1. The fourth-order valence-corrected chi connectivity index (χ4v) is 4.10. The Morgan fingerprint density at radius 1 is 1.21 bits per heavy atom. The van der Waals surface area contributed by atoms with Gasteiger partial charge in [0.1, 0.15) is 5.82 Å². The van der Waals surface area contributed by atoms with Crippen LogP contribution in [0.15, 0.2) is 34.9 Å². The third-order valence-corrected chi connectivity index (χ3v) is 6.14. The van der Waals surface area contributed by atoms with E-state index in [9.17, 15) is 9.59 Å². The minimum atomic E-state index is -0.297. The number of nitrogens with one attached hydrogen (secondary N) is 2. The lowest BCUT2D eigenvalue weighted by Crippen LogP contribution is -2.18. The van der Waals surface area contributed by atoms with E-state index in [4.69, 9.17) is 23.2 Å². The van der Waals surface area contributed by atoms with Crippen molar-refractivity contribution in [3.63, 3.8) is 0 Å². The standard InChI is InChI=1S/C17H16Cl2N6O2S2/c1-2-25-12(8-13(26)21-11-5-3-4-10(18)15(11)19)23-24-17(25)29-9-14(27)22-16-20-6-7-28-16/h3-7H,2,8-9H2,1H3,(H,21,26)(H,20,22,27). The molecule has 0 aliphatic heterocycles. The summed E-state index contributed by atoms with van der Waals surface area (Å²) in [7, 11) is 0. The smallest absolute Gasteiger partial charge is 0.236 e. The van der Waals surface area contributed by atoms with Crippen LogP contribution in [0.25, 0.3) is 0 Å². The molecule has 2 N–H and O–H groups in total. The molecule has 0 saturated carbocycles. The Morgan fingerprint density at radius 2 is 2.03 bits per heavy atom. The third-order valence-electron chi connectivity index (χ3n) is 3.67. The van der Waals surface area contributed by atoms with Crippen molar-refractivity contribution >= 4 is 68.9 Å². The average molecular weight is 471 g/mol. The maximum atomic E-state index is 12.4. The highest BCUT2D eigenvalue weighted by molar-refractivity contribution is 7.99. The van der Waals surface area contributed by atoms with E-state index in [1.165, 1.54) is 23.1 Å². The van der Waals surface area contributed by atoms with Crippen LogP contribution in [0.5, 0.6) is 0 Å². The van der Waals surface area contributed by atoms with Crippen LogP contribution in [-0.4, -0.2) is 37.3 Å². The molecule has 3 aromatic rings. The number of carbonyl (C=O) groups is 2. The maximum absolute atomic E-state index is 12.4. The molecule has 152 valence electrons. The molecule has 0 bridgehead atoms. The number of thioether (sulfide) groups is 1. The zero-order valence-electron chi connectivity index (χ0n) is 15.2. The molecule has 2 amide bonds. The molecule has 2 heterocycles. The van der Waals surface area contributed by atoms with Crippen LogP contribution >= 0.6 is 46.3 Å². The number of hydrogen-bond donors (Lipinski definition) is 2. The normalized spacial score (nSPS) is 10.7. The summed E-state index contributed by atoms with van der Waals surface area (Å²) in [6.07, 6.45) is 1.63. The Labute approximate surface area is 185 Å². The minimum absolute atomic E-state index is 0.00948. The number of carbonyl (C=O) groups excluding carboxylic acids is 2. The lowest BCUT2D eigenvalue weighted by molar-refractivity contribution is -0.116. The monoisotopic (exact) mass is 470 g/mol. The number of benzene rings is 1. The molecule has 0 unspecified atom stereocenters. The number of halogens is 2. The molecule has 0 aliphatic carbocycles. The van der Waals surface area contributed by atoms with E-state index in [0.29, 0.717) is 33.4 Å². The summed E-state index contributed by atoms with van der Waals surface area (Å²) in [6.45, 7) is 2.47. The Morgan fingerprint density at radius 3 is 2.76 bits per heavy atom. The summed E-state index contributed by atoms with van der Waals surface area (Å²) >= 11 is 14.7. The Balaban J connectivity index is 1.60. The van der Waals surface area contributed by atoms with Gasteiger partial charge in [-0.2, -0.15) is 0 Å². The first kappa shape index (κ1) is 21.6. The van der Waals surface area contributed by atoms with Crippen molar-refractivity contribution in [1.82, 2.24) is 19.7 Å². The fourth-order valence-electron chi connectivity index (χ4n) is 2.38. The number of rotatable bonds is 8. The quantitative estimate of drug-likeness (QED) is 0.482. The number of nitrogens with zero attached hydrogens (tertiary/aromatic N) is 4. The van der Waals surface area contributed by atoms with Gasteiger partial charge in [0, 0.05) is 18.1 Å². The Hall–Kier alpha value is -2.14. The summed E-state index contributed by atoms with van der Waals surface area (Å²) in [5.41, 5.74) is 0.431. The molecule has 0 fully saturated rings. The largest absolute Gasteiger partial charge is 0.324 e. The molecule has 3 rings (SSSR count). The van der Waals surface area contributed by atoms with Crippen LogP contribution in [0.3, 0.4) is 0 Å². The van der Waals surface area contributed by atoms with Gasteiger partial charge in [0.25, 0.3) is 0 Å². The summed E-state index contributed by atoms with van der Waals surface area (Å²) in [5, 5.41) is 17.2. The second-order valence-corrected chi connectivity index (χ2v) is 8.27. The van der Waals surface area contributed by atoms with Crippen LogP contribution < -0.4 is 10.6 Å². The van der Waals surface area contributed by atoms with E-state index in [1.807, 2.05) is 6.92 Å². The van der Waals surface area contributed by atoms with Crippen molar-refractivity contribution in [3.05, 3.63) is 45.6 Å². The summed E-state index contributed by atoms with van der Waals surface area (Å²) < 4.78 is 1.79. The van der Waals surface area contributed by atoms with E-state index in [0.717, 1.165) is 0 Å². The van der Waals surface area contributed by atoms with E-state index >= 15 is 0 Å². The van der Waals surface area contributed by atoms with Gasteiger partial charge in [-0.3, -0.25) is 9.59 Å². The van der Waals surface area contributed by atoms with Crippen LogP contribution in [-0.2, 0) is 22.6 Å². The summed E-state index contributed by atoms with van der Waals surface area (Å²) in [6, 6.07) is 5.00. The van der Waals surface area contributed by atoms with Gasteiger partial charge < -0.3 is 15.2 Å². The first-order chi connectivity index (χ1) is 14.0. The summed E-state index contributed by atoms with van der Waals surface area (Å²) in [5.74, 6) is 0.160. The zero-order chi connectivity index (χ0) is 20.8. The fraction of sp³-hybridized carbons (Fsp3) is 0.235. The Bertz CT molecular complexity index is 1010. The second-order valence-electron chi connectivity index (χ2n) is 5.64. The number of hydrogen-bond acceptors (Lipinski definition) is 7. The van der Waals surface area contributed by atoms with Gasteiger partial charge in [-0.05, 0) is 19.1 Å². The molecule has 0 aliphatic rings. The van der Waals surface area contributed by atoms with Crippen molar-refractivity contribution in [1.29, 1.82) is 0 Å². The van der Waals surface area contributed by atoms with Crippen molar-refractivity contribution < 1.29 is 9.59 Å². The van der Waals surface area contributed by atoms with Gasteiger partial charge >= 0.3 is 0 Å².